The van der Waals surface area contributed by atoms with Crippen molar-refractivity contribution in [1.29, 1.82) is 0 Å². The van der Waals surface area contributed by atoms with Gasteiger partial charge in [-0.3, -0.25) is 15.0 Å². The van der Waals surface area contributed by atoms with E-state index in [1.807, 2.05) is 36.7 Å². The number of fused-ring (bicyclic) bond motifs is 2. The lowest BCUT2D eigenvalue weighted by Crippen LogP contribution is -2.25. The number of H-pyrrole nitrogens is 2. The number of aromatic amines is 2. The summed E-state index contributed by atoms with van der Waals surface area (Å²) >= 11 is 0. The molecule has 0 amide bonds. The molecule has 0 unspecified atom stereocenters. The molecule has 2 aliphatic carbocycles. The third kappa shape index (κ3) is 6.42. The van der Waals surface area contributed by atoms with Gasteiger partial charge in [-0.15, -0.1) is 0 Å². The van der Waals surface area contributed by atoms with Gasteiger partial charge in [0.25, 0.3) is 0 Å². The number of halogens is 1. The first-order valence-corrected chi connectivity index (χ1v) is 16.7. The molecule has 1 saturated heterocycles. The zero-order chi connectivity index (χ0) is 31.6. The number of hydrogen-bond acceptors (Lipinski definition) is 7. The zero-order valence-corrected chi connectivity index (χ0v) is 26.3. The normalized spacial score (nSPS) is 17.1. The zero-order valence-electron chi connectivity index (χ0n) is 26.3. The molecular formula is C37H38FN7O2. The largest absolute Gasteiger partial charge is 0.492 e. The first-order chi connectivity index (χ1) is 23.2. The van der Waals surface area contributed by atoms with E-state index in [0.717, 1.165) is 77.4 Å². The second kappa shape index (κ2) is 13.1. The first-order valence-electron chi connectivity index (χ1n) is 16.7. The van der Waals surface area contributed by atoms with Gasteiger partial charge in [-0.1, -0.05) is 24.6 Å². The van der Waals surface area contributed by atoms with Gasteiger partial charge in [0, 0.05) is 53.8 Å². The van der Waals surface area contributed by atoms with Gasteiger partial charge in [0.1, 0.15) is 29.6 Å². The number of pyridine rings is 2. The second-order valence-electron chi connectivity index (χ2n) is 12.7. The fraction of sp³-hybridized carbons (Fsp3) is 0.351. The standard InChI is InChI=1S/C37H38FN7O2/c38-27-16-24(17-29(20-27)46-15-14-45-12-6-7-13-45)31-10-4-5-11-33-34(31)42-37(41-33)35-32-19-26(22-40-36(32)44-43-35)25-18-30(23-39-21-25)47-28-8-2-1-3-9-28/h4-5,10,16-23,28H,1-3,6-9,11-15H2,(H,41,42)(H,40,43,44). The summed E-state index contributed by atoms with van der Waals surface area (Å²) < 4.78 is 27.2. The number of likely N-dealkylation sites (tertiary alicyclic amines) is 1. The molecule has 2 N–H and O–H groups in total. The molecule has 10 heteroatoms. The highest BCUT2D eigenvalue weighted by Gasteiger charge is 2.22. The molecule has 0 bridgehead atoms. The molecule has 0 spiro atoms. The summed E-state index contributed by atoms with van der Waals surface area (Å²) in [5.41, 5.74) is 6.40. The number of nitrogens with one attached hydrogen (secondary N) is 2. The Morgan fingerprint density at radius 1 is 0.894 bits per heavy atom. The maximum atomic E-state index is 14.9. The Kier molecular flexibility index (Phi) is 8.25. The molecular weight excluding hydrogens is 593 g/mol. The highest BCUT2D eigenvalue weighted by Crippen LogP contribution is 2.35. The highest BCUT2D eigenvalue weighted by atomic mass is 19.1. The summed E-state index contributed by atoms with van der Waals surface area (Å²) in [6.07, 6.45) is 20.7. The van der Waals surface area contributed by atoms with Crippen molar-refractivity contribution in [3.05, 3.63) is 89.9 Å². The van der Waals surface area contributed by atoms with Crippen LogP contribution >= 0.6 is 0 Å². The van der Waals surface area contributed by atoms with E-state index < -0.39 is 0 Å². The Hall–Kier alpha value is -4.83. The van der Waals surface area contributed by atoms with Gasteiger partial charge in [-0.2, -0.15) is 5.10 Å². The van der Waals surface area contributed by atoms with Crippen molar-refractivity contribution in [2.75, 3.05) is 26.2 Å². The summed E-state index contributed by atoms with van der Waals surface area (Å²) in [4.78, 5) is 20.1. The minimum atomic E-state index is -0.342. The van der Waals surface area contributed by atoms with Crippen LogP contribution in [-0.2, 0) is 6.42 Å². The molecule has 1 saturated carbocycles. The van der Waals surface area contributed by atoms with E-state index in [2.05, 4.69) is 42.2 Å². The van der Waals surface area contributed by atoms with Crippen LogP contribution < -0.4 is 9.47 Å². The van der Waals surface area contributed by atoms with Crippen LogP contribution in [0.4, 0.5) is 4.39 Å². The molecule has 1 aromatic carbocycles. The first kappa shape index (κ1) is 29.6. The van der Waals surface area contributed by atoms with Gasteiger partial charge in [0.05, 0.1) is 23.4 Å². The third-order valence-electron chi connectivity index (χ3n) is 9.36. The minimum absolute atomic E-state index is 0.246. The average molecular weight is 632 g/mol. The van der Waals surface area contributed by atoms with Gasteiger partial charge < -0.3 is 14.5 Å². The Bertz CT molecular complexity index is 1950. The average Bonchev–Trinajstić information content (AvgIpc) is 3.83. The smallest absolute Gasteiger partial charge is 0.181 e. The summed E-state index contributed by atoms with van der Waals surface area (Å²) in [5.74, 6) is 1.60. The molecule has 9 nitrogen and oxygen atoms in total. The number of nitrogens with zero attached hydrogens (tertiary/aromatic N) is 5. The van der Waals surface area contributed by atoms with E-state index in [4.69, 9.17) is 14.5 Å². The van der Waals surface area contributed by atoms with Crippen molar-refractivity contribution in [2.45, 2.75) is 57.5 Å². The maximum Gasteiger partial charge on any atom is 0.181 e. The SMILES string of the molecule is Fc1cc(OCCN2CCCC2)cc(C2=CC=CCc3[nH]c(-c4[nH]nc5ncc(-c6cncc(OC7CCCCC7)c6)cc45)nc32)c1. The van der Waals surface area contributed by atoms with Crippen molar-refractivity contribution in [1.82, 2.24) is 35.0 Å². The fourth-order valence-corrected chi connectivity index (χ4v) is 6.92. The second-order valence-corrected chi connectivity index (χ2v) is 12.7. The van der Waals surface area contributed by atoms with Crippen molar-refractivity contribution in [3.8, 4) is 34.1 Å². The molecule has 4 aromatic heterocycles. The number of hydrogen-bond donors (Lipinski definition) is 2. The van der Waals surface area contributed by atoms with Crippen LogP contribution in [0.2, 0.25) is 0 Å². The molecule has 0 atom stereocenters. The lowest BCUT2D eigenvalue weighted by atomic mass is 9.98. The van der Waals surface area contributed by atoms with E-state index in [1.165, 1.54) is 38.2 Å². The van der Waals surface area contributed by atoms with E-state index in [1.54, 1.807) is 12.3 Å². The molecule has 2 fully saturated rings. The van der Waals surface area contributed by atoms with Crippen LogP contribution in [0.5, 0.6) is 11.5 Å². The van der Waals surface area contributed by atoms with E-state index in [9.17, 15) is 4.39 Å². The molecule has 5 aromatic rings. The Morgan fingerprint density at radius 3 is 2.64 bits per heavy atom. The van der Waals surface area contributed by atoms with Crippen LogP contribution in [0.25, 0.3) is 39.3 Å². The highest BCUT2D eigenvalue weighted by molar-refractivity contribution is 5.92. The molecule has 8 rings (SSSR count). The number of allylic oxidation sites excluding steroid dienone is 3. The minimum Gasteiger partial charge on any atom is -0.492 e. The van der Waals surface area contributed by atoms with Crippen molar-refractivity contribution < 1.29 is 13.9 Å². The number of benzene rings is 1. The molecule has 5 heterocycles. The molecule has 240 valence electrons. The van der Waals surface area contributed by atoms with Gasteiger partial charge in [-0.25, -0.2) is 14.4 Å². The molecule has 3 aliphatic rings. The predicted octanol–water partition coefficient (Wildman–Crippen LogP) is 7.28. The fourth-order valence-electron chi connectivity index (χ4n) is 6.92. The lowest BCUT2D eigenvalue weighted by molar-refractivity contribution is 0.154. The quantitative estimate of drug-likeness (QED) is 0.176. The summed E-state index contributed by atoms with van der Waals surface area (Å²) in [6, 6.07) is 8.99. The van der Waals surface area contributed by atoms with Gasteiger partial charge in [0.2, 0.25) is 0 Å². The van der Waals surface area contributed by atoms with Gasteiger partial charge >= 0.3 is 0 Å². The van der Waals surface area contributed by atoms with Gasteiger partial charge in [-0.05, 0) is 81.4 Å². The third-order valence-corrected chi connectivity index (χ3v) is 9.36. The topological polar surface area (TPSA) is 105 Å². The van der Waals surface area contributed by atoms with Crippen molar-refractivity contribution in [2.24, 2.45) is 0 Å². The molecule has 47 heavy (non-hydrogen) atoms. The number of imidazole rings is 1. The predicted molar refractivity (Wildman–Crippen MR) is 180 cm³/mol. The van der Waals surface area contributed by atoms with Crippen LogP contribution in [0.15, 0.2) is 67.2 Å². The van der Waals surface area contributed by atoms with Gasteiger partial charge in [0.15, 0.2) is 11.5 Å². The van der Waals surface area contributed by atoms with E-state index >= 15 is 0 Å². The molecule has 1 aliphatic heterocycles. The van der Waals surface area contributed by atoms with Crippen molar-refractivity contribution in [3.63, 3.8) is 0 Å². The number of rotatable bonds is 9. The Labute approximate surface area is 273 Å². The number of aromatic nitrogens is 6. The van der Waals surface area contributed by atoms with Crippen LogP contribution in [-0.4, -0.2) is 67.4 Å². The summed E-state index contributed by atoms with van der Waals surface area (Å²) in [7, 11) is 0. The Balaban J connectivity index is 1.07. The molecule has 0 radical (unpaired) electrons. The Morgan fingerprint density at radius 2 is 1.74 bits per heavy atom. The lowest BCUT2D eigenvalue weighted by Gasteiger charge is -2.23. The van der Waals surface area contributed by atoms with E-state index in [0.29, 0.717) is 35.8 Å². The van der Waals surface area contributed by atoms with Crippen LogP contribution in [0.1, 0.15) is 61.9 Å². The summed E-state index contributed by atoms with van der Waals surface area (Å²) in [5, 5.41) is 8.46. The maximum absolute atomic E-state index is 14.9. The summed E-state index contributed by atoms with van der Waals surface area (Å²) in [6.45, 7) is 3.57. The van der Waals surface area contributed by atoms with E-state index in [-0.39, 0.29) is 11.9 Å². The number of ether oxygens (including phenoxy) is 2. The van der Waals surface area contributed by atoms with Crippen molar-refractivity contribution >= 4 is 16.6 Å². The van der Waals surface area contributed by atoms with Crippen LogP contribution in [0.3, 0.4) is 0 Å². The van der Waals surface area contributed by atoms with Crippen LogP contribution in [0, 0.1) is 5.82 Å². The monoisotopic (exact) mass is 631 g/mol.